The van der Waals surface area contributed by atoms with Crippen molar-refractivity contribution in [3.05, 3.63) is 59.7 Å². The quantitative estimate of drug-likeness (QED) is 0.749. The van der Waals surface area contributed by atoms with E-state index in [9.17, 15) is 9.90 Å². The zero-order valence-corrected chi connectivity index (χ0v) is 14.6. The monoisotopic (exact) mass is 349 g/mol. The molecule has 4 rings (SSSR count). The topological polar surface area (TPSA) is 67.8 Å². The third-order valence-corrected chi connectivity index (χ3v) is 4.89. The van der Waals surface area contributed by atoms with Crippen LogP contribution in [0.3, 0.4) is 0 Å². The molecular weight excluding hydrogens is 330 g/mol. The van der Waals surface area contributed by atoms with Crippen molar-refractivity contribution in [3.63, 3.8) is 0 Å². The van der Waals surface area contributed by atoms with Gasteiger partial charge in [0, 0.05) is 18.0 Å². The number of ether oxygens (including phenoxy) is 2. The van der Waals surface area contributed by atoms with Gasteiger partial charge in [-0.3, -0.25) is 4.79 Å². The standard InChI is InChI=1S/C21H19NO4/c1-25-17-9-13(10-18(26-2)21(17)24)15-11-19(23)22-16-8-7-12-5-3-4-6-14(12)20(15)16/h3-10,15,24H,11H2,1-2H3,(H,22,23)/t15-/m0/s1. The Morgan fingerprint density at radius 3 is 2.42 bits per heavy atom. The minimum atomic E-state index is -0.159. The average Bonchev–Trinajstić information content (AvgIpc) is 2.67. The van der Waals surface area contributed by atoms with E-state index in [1.807, 2.05) is 24.3 Å². The van der Waals surface area contributed by atoms with Crippen molar-refractivity contribution in [2.45, 2.75) is 12.3 Å². The summed E-state index contributed by atoms with van der Waals surface area (Å²) in [6, 6.07) is 15.6. The van der Waals surface area contributed by atoms with Crippen LogP contribution in [-0.2, 0) is 4.79 Å². The highest BCUT2D eigenvalue weighted by atomic mass is 16.5. The molecule has 0 spiro atoms. The molecular formula is C21H19NO4. The van der Waals surface area contributed by atoms with Crippen LogP contribution < -0.4 is 14.8 Å². The van der Waals surface area contributed by atoms with Gasteiger partial charge in [-0.25, -0.2) is 0 Å². The van der Waals surface area contributed by atoms with E-state index in [0.29, 0.717) is 17.9 Å². The summed E-state index contributed by atoms with van der Waals surface area (Å²) in [7, 11) is 2.99. The minimum Gasteiger partial charge on any atom is -0.502 e. The molecule has 1 aliphatic heterocycles. The number of amides is 1. The smallest absolute Gasteiger partial charge is 0.225 e. The summed E-state index contributed by atoms with van der Waals surface area (Å²) in [6.45, 7) is 0. The molecule has 1 aliphatic rings. The van der Waals surface area contributed by atoms with Crippen LogP contribution in [0.5, 0.6) is 17.2 Å². The van der Waals surface area contributed by atoms with E-state index >= 15 is 0 Å². The van der Waals surface area contributed by atoms with Gasteiger partial charge in [-0.15, -0.1) is 0 Å². The van der Waals surface area contributed by atoms with Gasteiger partial charge in [0.2, 0.25) is 11.7 Å². The fraction of sp³-hybridized carbons (Fsp3) is 0.190. The molecule has 0 unspecified atom stereocenters. The number of aromatic hydroxyl groups is 1. The normalized spacial score (nSPS) is 16.1. The van der Waals surface area contributed by atoms with Crippen LogP contribution in [-0.4, -0.2) is 25.2 Å². The van der Waals surface area contributed by atoms with Crippen LogP contribution in [0.2, 0.25) is 0 Å². The Kier molecular flexibility index (Phi) is 3.92. The van der Waals surface area contributed by atoms with E-state index < -0.39 is 0 Å². The van der Waals surface area contributed by atoms with E-state index in [1.165, 1.54) is 14.2 Å². The van der Waals surface area contributed by atoms with Gasteiger partial charge in [0.25, 0.3) is 0 Å². The van der Waals surface area contributed by atoms with Gasteiger partial charge in [0.15, 0.2) is 11.5 Å². The molecule has 1 atom stereocenters. The second-order valence-corrected chi connectivity index (χ2v) is 6.33. The average molecular weight is 349 g/mol. The van der Waals surface area contributed by atoms with E-state index in [4.69, 9.17) is 9.47 Å². The number of hydrogen-bond acceptors (Lipinski definition) is 4. The largest absolute Gasteiger partial charge is 0.502 e. The molecule has 0 bridgehead atoms. The molecule has 1 amide bonds. The number of nitrogens with one attached hydrogen (secondary N) is 1. The first kappa shape index (κ1) is 16.3. The van der Waals surface area contributed by atoms with Crippen LogP contribution in [0.15, 0.2) is 48.5 Å². The van der Waals surface area contributed by atoms with Gasteiger partial charge in [-0.2, -0.15) is 0 Å². The maximum absolute atomic E-state index is 12.3. The lowest BCUT2D eigenvalue weighted by molar-refractivity contribution is -0.116. The molecule has 2 N–H and O–H groups in total. The molecule has 3 aromatic rings. The molecule has 3 aromatic carbocycles. The van der Waals surface area contributed by atoms with E-state index in [2.05, 4.69) is 17.4 Å². The van der Waals surface area contributed by atoms with Crippen molar-refractivity contribution in [1.29, 1.82) is 0 Å². The third kappa shape index (κ3) is 2.52. The lowest BCUT2D eigenvalue weighted by Gasteiger charge is -2.28. The molecule has 0 saturated heterocycles. The van der Waals surface area contributed by atoms with Crippen molar-refractivity contribution in [1.82, 2.24) is 0 Å². The molecule has 26 heavy (non-hydrogen) atoms. The molecule has 132 valence electrons. The van der Waals surface area contributed by atoms with Crippen LogP contribution in [0.4, 0.5) is 5.69 Å². The molecule has 0 aromatic heterocycles. The van der Waals surface area contributed by atoms with Crippen LogP contribution >= 0.6 is 0 Å². The first-order valence-corrected chi connectivity index (χ1v) is 8.38. The van der Waals surface area contributed by atoms with Gasteiger partial charge in [-0.05, 0) is 40.1 Å². The number of rotatable bonds is 3. The Morgan fingerprint density at radius 1 is 1.04 bits per heavy atom. The molecule has 0 fully saturated rings. The Morgan fingerprint density at radius 2 is 1.73 bits per heavy atom. The molecule has 5 nitrogen and oxygen atoms in total. The number of benzene rings is 3. The summed E-state index contributed by atoms with van der Waals surface area (Å²) in [6.07, 6.45) is 0.318. The second-order valence-electron chi connectivity index (χ2n) is 6.33. The first-order chi connectivity index (χ1) is 12.6. The highest BCUT2D eigenvalue weighted by Crippen LogP contribution is 2.46. The fourth-order valence-corrected chi connectivity index (χ4v) is 3.67. The maximum atomic E-state index is 12.3. The van der Waals surface area contributed by atoms with Crippen molar-refractivity contribution < 1.29 is 19.4 Å². The molecule has 0 radical (unpaired) electrons. The van der Waals surface area contributed by atoms with Crippen molar-refractivity contribution in [3.8, 4) is 17.2 Å². The summed E-state index contributed by atoms with van der Waals surface area (Å²) >= 11 is 0. The second kappa shape index (κ2) is 6.26. The number of carbonyl (C=O) groups excluding carboxylic acids is 1. The number of phenolic OH excluding ortho intramolecular Hbond substituents is 1. The zero-order valence-electron chi connectivity index (χ0n) is 14.6. The summed E-state index contributed by atoms with van der Waals surface area (Å²) in [5.41, 5.74) is 2.75. The van der Waals surface area contributed by atoms with E-state index in [-0.39, 0.29) is 17.6 Å². The lowest BCUT2D eigenvalue weighted by atomic mass is 9.82. The molecule has 5 heteroatoms. The number of fused-ring (bicyclic) bond motifs is 3. The zero-order chi connectivity index (χ0) is 18.3. The Balaban J connectivity index is 1.97. The van der Waals surface area contributed by atoms with Gasteiger partial charge >= 0.3 is 0 Å². The van der Waals surface area contributed by atoms with Gasteiger partial charge < -0.3 is 19.9 Å². The number of anilines is 1. The number of hydrogen-bond donors (Lipinski definition) is 2. The van der Waals surface area contributed by atoms with Crippen LogP contribution in [0.1, 0.15) is 23.5 Å². The highest BCUT2D eigenvalue weighted by Gasteiger charge is 2.29. The van der Waals surface area contributed by atoms with Crippen LogP contribution in [0, 0.1) is 0 Å². The van der Waals surface area contributed by atoms with E-state index in [1.54, 1.807) is 12.1 Å². The molecule has 0 saturated carbocycles. The predicted molar refractivity (Wildman–Crippen MR) is 100 cm³/mol. The summed E-state index contributed by atoms with van der Waals surface area (Å²) in [4.78, 5) is 12.3. The van der Waals surface area contributed by atoms with Crippen molar-refractivity contribution in [2.75, 3.05) is 19.5 Å². The van der Waals surface area contributed by atoms with Gasteiger partial charge in [0.1, 0.15) is 0 Å². The number of methoxy groups -OCH3 is 2. The Bertz CT molecular complexity index is 987. The van der Waals surface area contributed by atoms with Gasteiger partial charge in [-0.1, -0.05) is 30.3 Å². The molecule has 0 aliphatic carbocycles. The Labute approximate surface area is 151 Å². The first-order valence-electron chi connectivity index (χ1n) is 8.38. The maximum Gasteiger partial charge on any atom is 0.225 e. The molecule has 1 heterocycles. The number of phenols is 1. The minimum absolute atomic E-state index is 0.0382. The van der Waals surface area contributed by atoms with E-state index in [0.717, 1.165) is 27.6 Å². The summed E-state index contributed by atoms with van der Waals surface area (Å²) in [5.74, 6) is 0.411. The summed E-state index contributed by atoms with van der Waals surface area (Å²) < 4.78 is 10.6. The number of carbonyl (C=O) groups is 1. The SMILES string of the molecule is COc1cc([C@@H]2CC(=O)Nc3ccc4ccccc4c32)cc(OC)c1O. The predicted octanol–water partition coefficient (Wildman–Crippen LogP) is 4.04. The Hall–Kier alpha value is -3.21. The fourth-order valence-electron chi connectivity index (χ4n) is 3.67. The lowest BCUT2D eigenvalue weighted by Crippen LogP contribution is -2.23. The van der Waals surface area contributed by atoms with Gasteiger partial charge in [0.05, 0.1) is 14.2 Å². The highest BCUT2D eigenvalue weighted by molar-refractivity contribution is 6.01. The third-order valence-electron chi connectivity index (χ3n) is 4.89. The van der Waals surface area contributed by atoms with Crippen molar-refractivity contribution >= 4 is 22.4 Å². The van der Waals surface area contributed by atoms with Crippen molar-refractivity contribution in [2.24, 2.45) is 0 Å². The summed E-state index contributed by atoms with van der Waals surface area (Å²) in [5, 5.41) is 15.4. The van der Waals surface area contributed by atoms with Crippen LogP contribution in [0.25, 0.3) is 10.8 Å².